The van der Waals surface area contributed by atoms with Crippen LogP contribution in [0.2, 0.25) is 0 Å². The van der Waals surface area contributed by atoms with Gasteiger partial charge in [0, 0.05) is 0 Å². The van der Waals surface area contributed by atoms with E-state index in [1.54, 1.807) is 0 Å². The molecule has 0 aliphatic carbocycles. The van der Waals surface area contributed by atoms with Crippen LogP contribution < -0.4 is 59.1 Å². The summed E-state index contributed by atoms with van der Waals surface area (Å²) in [7, 11) is 0. The molecule has 11 heteroatoms. The van der Waals surface area contributed by atoms with Crippen molar-refractivity contribution in [2.75, 3.05) is 0 Å². The molecule has 0 aliphatic rings. The molecular formula is H4Na2O6S3. The van der Waals surface area contributed by atoms with Gasteiger partial charge in [0.25, 0.3) is 0 Å². The third kappa shape index (κ3) is 222. The van der Waals surface area contributed by atoms with Crippen molar-refractivity contribution in [2.45, 2.75) is 0 Å². The van der Waals surface area contributed by atoms with E-state index in [2.05, 4.69) is 0 Å². The van der Waals surface area contributed by atoms with Crippen LogP contribution in [0.4, 0.5) is 0 Å². The Kier molecular flexibility index (Phi) is 60.7. The summed E-state index contributed by atoms with van der Waals surface area (Å²) in [6.45, 7) is 0. The Bertz CT molecular complexity index is 73.8. The second-order valence-electron chi connectivity index (χ2n) is 0.434. The van der Waals surface area contributed by atoms with Crippen molar-refractivity contribution in [1.82, 2.24) is 0 Å². The van der Waals surface area contributed by atoms with Gasteiger partial charge in [0.15, 0.2) is 0 Å². The molecule has 11 heavy (non-hydrogen) atoms. The summed E-state index contributed by atoms with van der Waals surface area (Å²) in [4.78, 5) is 0. The maximum Gasteiger partial charge on any atom is 1.00 e. The summed E-state index contributed by atoms with van der Waals surface area (Å²) in [6.07, 6.45) is 0. The van der Waals surface area contributed by atoms with Gasteiger partial charge in [0.05, 0.1) is 22.7 Å². The Labute approximate surface area is 120 Å². The fourth-order valence-corrected chi connectivity index (χ4v) is 0. The third-order valence-corrected chi connectivity index (χ3v) is 0. The molecule has 0 radical (unpaired) electrons. The van der Waals surface area contributed by atoms with Gasteiger partial charge in [-0.15, -0.1) is 0 Å². The van der Waals surface area contributed by atoms with Crippen LogP contribution in [0.15, 0.2) is 0 Å². The molecule has 2 N–H and O–H groups in total. The van der Waals surface area contributed by atoms with E-state index in [1.165, 1.54) is 0 Å². The van der Waals surface area contributed by atoms with E-state index < -0.39 is 22.7 Å². The van der Waals surface area contributed by atoms with Crippen LogP contribution in [-0.4, -0.2) is 26.6 Å². The summed E-state index contributed by atoms with van der Waals surface area (Å²) >= 11 is -5.72. The van der Waals surface area contributed by atoms with Crippen LogP contribution in [0.25, 0.3) is 0 Å². The number of hydrogen-bond acceptors (Lipinski definition) is 4. The zero-order valence-corrected chi connectivity index (χ0v) is 12.5. The summed E-state index contributed by atoms with van der Waals surface area (Å²) in [5.74, 6) is 0. The molecule has 0 aliphatic heterocycles. The molecule has 0 bridgehead atoms. The molecule has 2 unspecified atom stereocenters. The standard InChI is InChI=1S/2Na.2H2O3S.H2S/c;;2*1-4(2)3;/h;;2*(H2,1,2,3);1H2/q2*+1;;;/p-2. The Balaban J connectivity index is -0.0000000171. The summed E-state index contributed by atoms with van der Waals surface area (Å²) in [6, 6.07) is 0. The van der Waals surface area contributed by atoms with Gasteiger partial charge in [-0.25, -0.2) is 8.42 Å². The molecule has 0 aromatic carbocycles. The van der Waals surface area contributed by atoms with Crippen molar-refractivity contribution in [3.8, 4) is 0 Å². The minimum atomic E-state index is -2.86. The Morgan fingerprint density at radius 2 is 0.909 bits per heavy atom. The minimum Gasteiger partial charge on any atom is -0.750 e. The van der Waals surface area contributed by atoms with Gasteiger partial charge in [-0.1, -0.05) is 0 Å². The quantitative estimate of drug-likeness (QED) is 0.321. The van der Waals surface area contributed by atoms with Gasteiger partial charge < -0.3 is 18.2 Å². The molecule has 0 saturated heterocycles. The molecule has 0 aromatic rings. The van der Waals surface area contributed by atoms with E-state index in [0.717, 1.165) is 0 Å². The van der Waals surface area contributed by atoms with Gasteiger partial charge in [-0.05, 0) is 0 Å². The molecule has 60 valence electrons. The molecule has 0 fully saturated rings. The van der Waals surface area contributed by atoms with Gasteiger partial charge in [0.2, 0.25) is 0 Å². The topological polar surface area (TPSA) is 121 Å². The fourth-order valence-electron chi connectivity index (χ4n) is 0. The molecule has 0 aromatic heterocycles. The van der Waals surface area contributed by atoms with Gasteiger partial charge in [0.1, 0.15) is 0 Å². The summed E-state index contributed by atoms with van der Waals surface area (Å²) in [5.41, 5.74) is 0. The van der Waals surface area contributed by atoms with Crippen molar-refractivity contribution in [2.24, 2.45) is 0 Å². The van der Waals surface area contributed by atoms with Crippen LogP contribution >= 0.6 is 13.5 Å². The van der Waals surface area contributed by atoms with E-state index in [1.807, 2.05) is 0 Å². The molecule has 0 heterocycles. The van der Waals surface area contributed by atoms with Crippen molar-refractivity contribution in [1.29, 1.82) is 0 Å². The van der Waals surface area contributed by atoms with E-state index in [-0.39, 0.29) is 72.6 Å². The van der Waals surface area contributed by atoms with Gasteiger partial charge >= 0.3 is 59.1 Å². The van der Waals surface area contributed by atoms with Crippen molar-refractivity contribution in [3.63, 3.8) is 0 Å². The second-order valence-corrected chi connectivity index (χ2v) is 1.30. The smallest absolute Gasteiger partial charge is 0.750 e. The molecule has 0 spiro atoms. The first kappa shape index (κ1) is 29.2. The Hall–Kier alpha value is 2.49. The Morgan fingerprint density at radius 3 is 0.909 bits per heavy atom. The second kappa shape index (κ2) is 22.9. The van der Waals surface area contributed by atoms with Gasteiger partial charge in [-0.2, -0.15) is 13.5 Å². The average molecular weight is 242 g/mol. The largest absolute Gasteiger partial charge is 1.00 e. The predicted octanol–water partition coefficient (Wildman–Crippen LogP) is -7.20. The molecule has 2 atom stereocenters. The maximum absolute atomic E-state index is 8.56. The van der Waals surface area contributed by atoms with Crippen LogP contribution in [0.1, 0.15) is 0 Å². The zero-order valence-electron chi connectivity index (χ0n) is 5.84. The van der Waals surface area contributed by atoms with E-state index in [9.17, 15) is 0 Å². The van der Waals surface area contributed by atoms with Crippen molar-refractivity contribution >= 4 is 36.2 Å². The summed E-state index contributed by atoms with van der Waals surface area (Å²) < 4.78 is 48.2. The number of hydrogen-bond donors (Lipinski definition) is 2. The van der Waals surface area contributed by atoms with Crippen molar-refractivity contribution < 1.29 is 85.7 Å². The first-order chi connectivity index (χ1) is 3.46. The van der Waals surface area contributed by atoms with Crippen LogP contribution in [0, 0.1) is 0 Å². The molecule has 6 nitrogen and oxygen atoms in total. The van der Waals surface area contributed by atoms with Crippen LogP contribution in [0.5, 0.6) is 0 Å². The zero-order chi connectivity index (χ0) is 7.15. The van der Waals surface area contributed by atoms with Crippen molar-refractivity contribution in [3.05, 3.63) is 0 Å². The Morgan fingerprint density at radius 1 is 0.909 bits per heavy atom. The maximum atomic E-state index is 8.56. The van der Waals surface area contributed by atoms with E-state index >= 15 is 0 Å². The van der Waals surface area contributed by atoms with Gasteiger partial charge in [-0.3, -0.25) is 0 Å². The fraction of sp³-hybridized carbons (Fsp3) is 0. The predicted molar refractivity (Wildman–Crippen MR) is 33.5 cm³/mol. The monoisotopic (exact) mass is 242 g/mol. The third-order valence-electron chi connectivity index (χ3n) is 0. The SMILES string of the molecule is O=S([O-])O.O=S([O-])O.S.[Na+].[Na+]. The normalized spacial score (nSPS) is 11.3. The van der Waals surface area contributed by atoms with E-state index in [4.69, 9.17) is 26.6 Å². The van der Waals surface area contributed by atoms with Crippen LogP contribution in [-0.2, 0) is 22.7 Å². The van der Waals surface area contributed by atoms with Crippen LogP contribution in [0.3, 0.4) is 0 Å². The van der Waals surface area contributed by atoms with E-state index in [0.29, 0.717) is 0 Å². The average Bonchev–Trinajstić information content (AvgIpc) is 1.25. The molecular weight excluding hydrogens is 238 g/mol. The molecule has 0 saturated carbocycles. The minimum absolute atomic E-state index is 0. The first-order valence-electron chi connectivity index (χ1n) is 1.03. The molecule has 0 rings (SSSR count). The summed E-state index contributed by atoms with van der Waals surface area (Å²) in [5, 5.41) is 0. The first-order valence-corrected chi connectivity index (χ1v) is 3.10. The molecule has 0 amide bonds. The number of rotatable bonds is 0.